The topological polar surface area (TPSA) is 134 Å². The van der Waals surface area contributed by atoms with Gasteiger partial charge < -0.3 is 10.2 Å². The molecule has 2 atom stereocenters. The van der Waals surface area contributed by atoms with Crippen molar-refractivity contribution >= 4 is 27.8 Å². The fourth-order valence-electron chi connectivity index (χ4n) is 2.75. The molecule has 9 nitrogen and oxygen atoms in total. The molecule has 152 valence electrons. The minimum absolute atomic E-state index is 0.0722. The molecular weight excluding hydrogens is 420 g/mol. The lowest BCUT2D eigenvalue weighted by Crippen LogP contribution is -2.27. The van der Waals surface area contributed by atoms with Crippen molar-refractivity contribution in [2.75, 3.05) is 0 Å². The quantitative estimate of drug-likeness (QED) is 0.559. The molecular formula is C18H17ClN4O5S. The van der Waals surface area contributed by atoms with Gasteiger partial charge >= 0.3 is 6.16 Å². The van der Waals surface area contributed by atoms with Gasteiger partial charge in [-0.25, -0.2) is 27.6 Å². The highest BCUT2D eigenvalue weighted by molar-refractivity contribution is 7.89. The largest absolute Gasteiger partial charge is 0.503 e. The molecule has 1 aliphatic carbocycles. The van der Waals surface area contributed by atoms with Crippen LogP contribution >= 0.6 is 11.6 Å². The molecule has 1 aliphatic rings. The first kappa shape index (κ1) is 20.8. The molecule has 29 heavy (non-hydrogen) atoms. The molecule has 0 saturated heterocycles. The monoisotopic (exact) mass is 436 g/mol. The second kappa shape index (κ2) is 8.60. The number of nitrogens with one attached hydrogen (secondary N) is 1. The molecule has 11 heteroatoms. The van der Waals surface area contributed by atoms with Gasteiger partial charge in [-0.15, -0.1) is 0 Å². The smallest absolute Gasteiger partial charge is 0.450 e. The predicted octanol–water partition coefficient (Wildman–Crippen LogP) is 2.98. The van der Waals surface area contributed by atoms with E-state index >= 15 is 0 Å². The molecule has 0 unspecified atom stereocenters. The van der Waals surface area contributed by atoms with Crippen LogP contribution in [-0.4, -0.2) is 45.6 Å². The Bertz CT molecular complexity index is 1080. The van der Waals surface area contributed by atoms with Gasteiger partial charge in [-0.2, -0.15) is 5.10 Å². The maximum atomic E-state index is 12.5. The van der Waals surface area contributed by atoms with Gasteiger partial charge in [0.1, 0.15) is 4.90 Å². The zero-order chi connectivity index (χ0) is 21.0. The lowest BCUT2D eigenvalue weighted by molar-refractivity contribution is 0.137. The maximum absolute atomic E-state index is 12.5. The summed E-state index contributed by atoms with van der Waals surface area (Å²) in [6.07, 6.45) is 3.39. The van der Waals surface area contributed by atoms with E-state index < -0.39 is 16.2 Å². The lowest BCUT2D eigenvalue weighted by atomic mass is 10.1. The van der Waals surface area contributed by atoms with E-state index in [1.807, 2.05) is 30.3 Å². The van der Waals surface area contributed by atoms with E-state index in [1.165, 1.54) is 23.1 Å². The number of sulfonamides is 1. The molecule has 2 heterocycles. The summed E-state index contributed by atoms with van der Waals surface area (Å²) in [6.45, 7) is 0. The number of aromatic nitrogens is 3. The minimum Gasteiger partial charge on any atom is -0.450 e. The van der Waals surface area contributed by atoms with Crippen LogP contribution in [-0.2, 0) is 10.0 Å². The van der Waals surface area contributed by atoms with Crippen molar-refractivity contribution < 1.29 is 23.4 Å². The van der Waals surface area contributed by atoms with Gasteiger partial charge in [0.2, 0.25) is 10.0 Å². The Morgan fingerprint density at radius 1 is 1.14 bits per heavy atom. The van der Waals surface area contributed by atoms with Gasteiger partial charge in [0.05, 0.1) is 17.4 Å². The third-order valence-electron chi connectivity index (χ3n) is 4.14. The minimum atomic E-state index is -3.60. The molecule has 3 aromatic rings. The SMILES string of the molecule is O=C(O)O.O=S(=O)(N[C@H]1C[C@@H]1c1ccccc1)c1ccc(-n2cc(Cl)cn2)nc1. The summed E-state index contributed by atoms with van der Waals surface area (Å²) in [5, 5.41) is 18.5. The van der Waals surface area contributed by atoms with Crippen molar-refractivity contribution in [1.29, 1.82) is 0 Å². The number of benzene rings is 1. The van der Waals surface area contributed by atoms with Crippen LogP contribution < -0.4 is 4.72 Å². The van der Waals surface area contributed by atoms with Crippen LogP contribution in [0.1, 0.15) is 17.9 Å². The van der Waals surface area contributed by atoms with E-state index in [1.54, 1.807) is 12.3 Å². The zero-order valence-corrected chi connectivity index (χ0v) is 16.5. The number of carbonyl (C=O) groups is 1. The summed E-state index contributed by atoms with van der Waals surface area (Å²) < 4.78 is 29.3. The first-order chi connectivity index (χ1) is 13.8. The zero-order valence-electron chi connectivity index (χ0n) is 14.9. The average molecular weight is 437 g/mol. The Labute approximate surface area is 171 Å². The number of hydrogen-bond donors (Lipinski definition) is 3. The molecule has 4 rings (SSSR count). The van der Waals surface area contributed by atoms with Crippen LogP contribution in [0.2, 0.25) is 5.02 Å². The third-order valence-corrected chi connectivity index (χ3v) is 5.81. The second-order valence-corrected chi connectivity index (χ2v) is 8.37. The van der Waals surface area contributed by atoms with Gasteiger partial charge in [0.25, 0.3) is 0 Å². The van der Waals surface area contributed by atoms with E-state index in [9.17, 15) is 8.42 Å². The molecule has 0 radical (unpaired) electrons. The fraction of sp³-hybridized carbons (Fsp3) is 0.167. The van der Waals surface area contributed by atoms with Crippen molar-refractivity contribution in [3.63, 3.8) is 0 Å². The summed E-state index contributed by atoms with van der Waals surface area (Å²) in [5.41, 5.74) is 1.15. The highest BCUT2D eigenvalue weighted by Crippen LogP contribution is 2.41. The number of carboxylic acid groups (broad SMARTS) is 2. The lowest BCUT2D eigenvalue weighted by Gasteiger charge is -2.07. The normalized spacial score (nSPS) is 17.8. The van der Waals surface area contributed by atoms with Crippen molar-refractivity contribution in [3.8, 4) is 5.82 Å². The van der Waals surface area contributed by atoms with Gasteiger partial charge in [0.15, 0.2) is 5.82 Å². The number of pyridine rings is 1. The Morgan fingerprint density at radius 2 is 1.83 bits per heavy atom. The molecule has 0 bridgehead atoms. The van der Waals surface area contributed by atoms with Gasteiger partial charge in [-0.05, 0) is 24.1 Å². The van der Waals surface area contributed by atoms with E-state index in [4.69, 9.17) is 26.6 Å². The Hall–Kier alpha value is -2.95. The van der Waals surface area contributed by atoms with Crippen molar-refractivity contribution in [3.05, 3.63) is 71.6 Å². The predicted molar refractivity (Wildman–Crippen MR) is 105 cm³/mol. The highest BCUT2D eigenvalue weighted by atomic mass is 35.5. The van der Waals surface area contributed by atoms with Gasteiger partial charge in [0, 0.05) is 18.2 Å². The van der Waals surface area contributed by atoms with Crippen LogP contribution in [0.4, 0.5) is 4.79 Å². The summed E-state index contributed by atoms with van der Waals surface area (Å²) in [6, 6.07) is 12.9. The van der Waals surface area contributed by atoms with Gasteiger partial charge in [-0.3, -0.25) is 0 Å². The van der Waals surface area contributed by atoms with E-state index in [0.717, 1.165) is 12.0 Å². The van der Waals surface area contributed by atoms with E-state index in [-0.39, 0.29) is 16.9 Å². The van der Waals surface area contributed by atoms with Crippen LogP contribution in [0.25, 0.3) is 5.82 Å². The third kappa shape index (κ3) is 5.53. The molecule has 1 aromatic carbocycles. The van der Waals surface area contributed by atoms with Crippen molar-refractivity contribution in [1.82, 2.24) is 19.5 Å². The van der Waals surface area contributed by atoms with Crippen LogP contribution in [0.15, 0.2) is 66.0 Å². The first-order valence-corrected chi connectivity index (χ1v) is 10.3. The first-order valence-electron chi connectivity index (χ1n) is 8.42. The van der Waals surface area contributed by atoms with Crippen LogP contribution in [0.3, 0.4) is 0 Å². The second-order valence-electron chi connectivity index (χ2n) is 6.22. The number of halogens is 1. The fourth-order valence-corrected chi connectivity index (χ4v) is 4.12. The van der Waals surface area contributed by atoms with Crippen LogP contribution in [0, 0.1) is 0 Å². The van der Waals surface area contributed by atoms with E-state index in [2.05, 4.69) is 14.8 Å². The Morgan fingerprint density at radius 3 is 2.38 bits per heavy atom. The molecule has 1 saturated carbocycles. The molecule has 2 aromatic heterocycles. The van der Waals surface area contributed by atoms with Crippen molar-refractivity contribution in [2.24, 2.45) is 0 Å². The van der Waals surface area contributed by atoms with Crippen molar-refractivity contribution in [2.45, 2.75) is 23.3 Å². The highest BCUT2D eigenvalue weighted by Gasteiger charge is 2.41. The standard InChI is InChI=1S/C17H15ClN4O2S.CH2O3/c18-13-9-20-22(11-13)17-7-6-14(10-19-17)25(23,24)21-16-8-15(16)12-4-2-1-3-5-12;2-1(3)4/h1-7,9-11,15-16,21H,8H2;(H2,2,3,4)/t15-,16+;/m1./s1. The summed E-state index contributed by atoms with van der Waals surface area (Å²) in [7, 11) is -3.60. The maximum Gasteiger partial charge on any atom is 0.503 e. The van der Waals surface area contributed by atoms with Crippen LogP contribution in [0.5, 0.6) is 0 Å². The molecule has 3 N–H and O–H groups in total. The summed E-state index contributed by atoms with van der Waals surface area (Å²) >= 11 is 5.83. The molecule has 0 spiro atoms. The molecule has 1 fully saturated rings. The Balaban J connectivity index is 0.000000552. The Kier molecular flexibility index (Phi) is 6.16. The molecule has 0 amide bonds. The number of nitrogens with zero attached hydrogens (tertiary/aromatic N) is 3. The number of rotatable bonds is 5. The molecule has 0 aliphatic heterocycles. The summed E-state index contributed by atoms with van der Waals surface area (Å²) in [5.74, 6) is 0.730. The van der Waals surface area contributed by atoms with Gasteiger partial charge in [-0.1, -0.05) is 41.9 Å². The summed E-state index contributed by atoms with van der Waals surface area (Å²) in [4.78, 5) is 12.8. The average Bonchev–Trinajstić information content (AvgIpc) is 3.29. The van der Waals surface area contributed by atoms with E-state index in [0.29, 0.717) is 10.8 Å². The number of hydrogen-bond acceptors (Lipinski definition) is 5.